The summed E-state index contributed by atoms with van der Waals surface area (Å²) in [5.74, 6) is 0.966. The summed E-state index contributed by atoms with van der Waals surface area (Å²) in [6, 6.07) is 10.5. The molecule has 1 aliphatic heterocycles. The number of ether oxygens (including phenoxy) is 1. The van der Waals surface area contributed by atoms with Crippen molar-refractivity contribution in [2.24, 2.45) is 5.92 Å². The number of carbonyl (C=O) groups is 1. The summed E-state index contributed by atoms with van der Waals surface area (Å²) < 4.78 is 5.82. The predicted molar refractivity (Wildman–Crippen MR) is 95.7 cm³/mol. The molecule has 1 N–H and O–H groups in total. The zero-order chi connectivity index (χ0) is 16.6. The summed E-state index contributed by atoms with van der Waals surface area (Å²) >= 11 is 0. The summed E-state index contributed by atoms with van der Waals surface area (Å²) in [6.45, 7) is 4.18. The maximum absolute atomic E-state index is 12.0. The van der Waals surface area contributed by atoms with E-state index >= 15 is 0 Å². The molecule has 1 aromatic rings. The highest BCUT2D eigenvalue weighted by Crippen LogP contribution is 2.28. The molecule has 1 heterocycles. The first-order valence-corrected chi connectivity index (χ1v) is 9.44. The van der Waals surface area contributed by atoms with Crippen molar-refractivity contribution in [3.8, 4) is 0 Å². The van der Waals surface area contributed by atoms with Crippen molar-refractivity contribution >= 4 is 5.91 Å². The number of rotatable bonds is 7. The van der Waals surface area contributed by atoms with E-state index in [1.807, 2.05) is 6.07 Å². The summed E-state index contributed by atoms with van der Waals surface area (Å²) in [4.78, 5) is 14.4. The van der Waals surface area contributed by atoms with Crippen molar-refractivity contribution in [2.75, 3.05) is 26.2 Å². The lowest BCUT2D eigenvalue weighted by molar-refractivity contribution is -0.122. The summed E-state index contributed by atoms with van der Waals surface area (Å²) in [5, 5.41) is 3.07. The number of nitrogens with one attached hydrogen (secondary N) is 1. The highest BCUT2D eigenvalue weighted by molar-refractivity contribution is 5.75. The van der Waals surface area contributed by atoms with Crippen LogP contribution in [0.5, 0.6) is 0 Å². The van der Waals surface area contributed by atoms with Crippen LogP contribution in [0.15, 0.2) is 30.3 Å². The summed E-state index contributed by atoms with van der Waals surface area (Å²) in [5.41, 5.74) is 1.33. The Morgan fingerprint density at radius 3 is 2.79 bits per heavy atom. The Bertz CT molecular complexity index is 500. The van der Waals surface area contributed by atoms with Gasteiger partial charge in [0.25, 0.3) is 0 Å². The molecule has 1 amide bonds. The smallest absolute Gasteiger partial charge is 0.220 e. The third-order valence-corrected chi connectivity index (χ3v) is 5.25. The molecule has 1 saturated carbocycles. The van der Waals surface area contributed by atoms with E-state index in [-0.39, 0.29) is 12.0 Å². The van der Waals surface area contributed by atoms with E-state index in [9.17, 15) is 4.79 Å². The van der Waals surface area contributed by atoms with Crippen LogP contribution in [-0.4, -0.2) is 43.2 Å². The molecule has 4 nitrogen and oxygen atoms in total. The topological polar surface area (TPSA) is 41.6 Å². The molecule has 1 atom stereocenters. The number of nitrogens with zero attached hydrogens (tertiary/aromatic N) is 1. The van der Waals surface area contributed by atoms with Crippen LogP contribution in [0, 0.1) is 5.92 Å². The monoisotopic (exact) mass is 330 g/mol. The molecule has 0 spiro atoms. The molecule has 3 rings (SSSR count). The number of benzene rings is 1. The van der Waals surface area contributed by atoms with Gasteiger partial charge in [0.1, 0.15) is 0 Å². The van der Waals surface area contributed by atoms with Gasteiger partial charge in [-0.15, -0.1) is 0 Å². The van der Waals surface area contributed by atoms with Gasteiger partial charge in [0, 0.05) is 32.6 Å². The van der Waals surface area contributed by atoms with Crippen LogP contribution >= 0.6 is 0 Å². The Hall–Kier alpha value is -1.39. The second kappa shape index (κ2) is 9.19. The number of morpholine rings is 1. The van der Waals surface area contributed by atoms with Gasteiger partial charge in [-0.3, -0.25) is 9.69 Å². The number of hydrogen-bond acceptors (Lipinski definition) is 3. The van der Waals surface area contributed by atoms with Crippen molar-refractivity contribution in [1.82, 2.24) is 10.2 Å². The molecule has 1 saturated heterocycles. The van der Waals surface area contributed by atoms with Crippen LogP contribution in [0.4, 0.5) is 0 Å². The zero-order valence-corrected chi connectivity index (χ0v) is 14.6. The molecular weight excluding hydrogens is 300 g/mol. The van der Waals surface area contributed by atoms with Gasteiger partial charge < -0.3 is 10.1 Å². The van der Waals surface area contributed by atoms with Gasteiger partial charge in [0.2, 0.25) is 5.91 Å². The van der Waals surface area contributed by atoms with E-state index in [1.54, 1.807) is 0 Å². The first-order chi connectivity index (χ1) is 11.8. The Labute approximate surface area is 145 Å². The summed E-state index contributed by atoms with van der Waals surface area (Å²) in [7, 11) is 0. The van der Waals surface area contributed by atoms with Crippen molar-refractivity contribution in [3.05, 3.63) is 35.9 Å². The fraction of sp³-hybridized carbons (Fsp3) is 0.650. The second-order valence-corrected chi connectivity index (χ2v) is 7.21. The van der Waals surface area contributed by atoms with E-state index in [4.69, 9.17) is 4.74 Å². The van der Waals surface area contributed by atoms with Gasteiger partial charge in [-0.25, -0.2) is 0 Å². The molecule has 24 heavy (non-hydrogen) atoms. The predicted octanol–water partition coefficient (Wildman–Crippen LogP) is 2.97. The molecule has 0 unspecified atom stereocenters. The molecule has 0 aromatic heterocycles. The van der Waals surface area contributed by atoms with Crippen LogP contribution in [0.1, 0.15) is 44.1 Å². The normalized spacial score (nSPS) is 22.6. The van der Waals surface area contributed by atoms with E-state index in [1.165, 1.54) is 31.2 Å². The van der Waals surface area contributed by atoms with E-state index < -0.39 is 0 Å². The van der Waals surface area contributed by atoms with Crippen LogP contribution in [0.25, 0.3) is 0 Å². The minimum absolute atomic E-state index is 0.109. The molecule has 1 aliphatic carbocycles. The minimum Gasteiger partial charge on any atom is -0.374 e. The van der Waals surface area contributed by atoms with E-state index in [0.717, 1.165) is 38.6 Å². The van der Waals surface area contributed by atoms with Gasteiger partial charge in [0.05, 0.1) is 12.7 Å². The quantitative estimate of drug-likeness (QED) is 0.836. The van der Waals surface area contributed by atoms with Gasteiger partial charge in [-0.05, 0) is 17.9 Å². The first kappa shape index (κ1) is 17.4. The van der Waals surface area contributed by atoms with Crippen LogP contribution in [0.2, 0.25) is 0 Å². The van der Waals surface area contributed by atoms with Crippen molar-refractivity contribution in [3.63, 3.8) is 0 Å². The fourth-order valence-corrected chi connectivity index (χ4v) is 3.84. The Morgan fingerprint density at radius 2 is 2.00 bits per heavy atom. The number of amides is 1. The van der Waals surface area contributed by atoms with Gasteiger partial charge in [-0.2, -0.15) is 0 Å². The second-order valence-electron chi connectivity index (χ2n) is 7.21. The molecule has 0 radical (unpaired) electrons. The third kappa shape index (κ3) is 5.60. The molecule has 1 aromatic carbocycles. The van der Waals surface area contributed by atoms with Crippen molar-refractivity contribution < 1.29 is 9.53 Å². The maximum Gasteiger partial charge on any atom is 0.220 e. The highest BCUT2D eigenvalue weighted by atomic mass is 16.5. The lowest BCUT2D eigenvalue weighted by Gasteiger charge is -2.33. The first-order valence-electron chi connectivity index (χ1n) is 9.44. The molecule has 4 heteroatoms. The Morgan fingerprint density at radius 1 is 1.21 bits per heavy atom. The highest BCUT2D eigenvalue weighted by Gasteiger charge is 2.21. The average Bonchev–Trinajstić information content (AvgIpc) is 3.13. The van der Waals surface area contributed by atoms with E-state index in [0.29, 0.717) is 13.0 Å². The lowest BCUT2D eigenvalue weighted by atomic mass is 10.0. The van der Waals surface area contributed by atoms with Crippen LogP contribution in [-0.2, 0) is 16.1 Å². The number of carbonyl (C=O) groups excluding carboxylic acids is 1. The molecule has 132 valence electrons. The van der Waals surface area contributed by atoms with E-state index in [2.05, 4.69) is 34.5 Å². The summed E-state index contributed by atoms with van der Waals surface area (Å²) in [6.07, 6.45) is 7.15. The van der Waals surface area contributed by atoms with Crippen LogP contribution < -0.4 is 5.32 Å². The standard InChI is InChI=1S/C20H30N2O2/c23-20(11-10-17-6-4-5-7-17)21-14-19-16-22(12-13-24-19)15-18-8-2-1-3-9-18/h1-3,8-9,17,19H,4-7,10-16H2,(H,21,23)/t19-/m1/s1. The SMILES string of the molecule is O=C(CCC1CCCC1)NC[C@@H]1CN(Cc2ccccc2)CCO1. The average molecular weight is 330 g/mol. The molecule has 0 bridgehead atoms. The fourth-order valence-electron chi connectivity index (χ4n) is 3.84. The zero-order valence-electron chi connectivity index (χ0n) is 14.6. The van der Waals surface area contributed by atoms with Gasteiger partial charge in [-0.1, -0.05) is 56.0 Å². The molecule has 2 fully saturated rings. The molecule has 2 aliphatic rings. The number of hydrogen-bond donors (Lipinski definition) is 1. The van der Waals surface area contributed by atoms with Crippen LogP contribution in [0.3, 0.4) is 0 Å². The minimum atomic E-state index is 0.109. The van der Waals surface area contributed by atoms with Crippen molar-refractivity contribution in [2.45, 2.75) is 51.2 Å². The largest absolute Gasteiger partial charge is 0.374 e. The lowest BCUT2D eigenvalue weighted by Crippen LogP contribution is -2.47. The van der Waals surface area contributed by atoms with Crippen molar-refractivity contribution in [1.29, 1.82) is 0 Å². The maximum atomic E-state index is 12.0. The van der Waals surface area contributed by atoms with Gasteiger partial charge in [0.15, 0.2) is 0 Å². The Kier molecular flexibility index (Phi) is 6.67. The Balaban J connectivity index is 1.35. The van der Waals surface area contributed by atoms with Gasteiger partial charge >= 0.3 is 0 Å². The molecular formula is C20H30N2O2. The third-order valence-electron chi connectivity index (χ3n) is 5.25.